The number of anilines is 2. The van der Waals surface area contributed by atoms with Gasteiger partial charge in [0.05, 0.1) is 37.7 Å². The summed E-state index contributed by atoms with van der Waals surface area (Å²) < 4.78 is 38.7. The molecule has 4 aromatic rings. The number of aromatic nitrogens is 6. The number of nitrogens with two attached hydrogens (primary N) is 1. The predicted octanol–water partition coefficient (Wildman–Crippen LogP) is 0.647. The van der Waals surface area contributed by atoms with Gasteiger partial charge in [0, 0.05) is 45.0 Å². The first-order valence-corrected chi connectivity index (χ1v) is 12.1. The molecule has 15 heteroatoms. The zero-order valence-electron chi connectivity index (χ0n) is 20.8. The van der Waals surface area contributed by atoms with Crippen molar-refractivity contribution in [1.82, 2.24) is 39.4 Å². The van der Waals surface area contributed by atoms with Gasteiger partial charge in [-0.15, -0.1) is 5.10 Å². The second kappa shape index (κ2) is 8.82. The molecule has 4 aromatic heterocycles. The highest BCUT2D eigenvalue weighted by atomic mass is 19.3. The minimum absolute atomic E-state index is 0.00459. The van der Waals surface area contributed by atoms with Gasteiger partial charge in [-0.2, -0.15) is 10.1 Å². The van der Waals surface area contributed by atoms with Crippen molar-refractivity contribution in [2.45, 2.75) is 24.0 Å². The minimum atomic E-state index is -3.23. The van der Waals surface area contributed by atoms with Gasteiger partial charge in [0.2, 0.25) is 5.95 Å². The first-order valence-electron chi connectivity index (χ1n) is 12.1. The molecule has 1 amide bonds. The lowest BCUT2D eigenvalue weighted by molar-refractivity contribution is -0.155. The Kier molecular flexibility index (Phi) is 5.66. The summed E-state index contributed by atoms with van der Waals surface area (Å²) in [5.41, 5.74) is 6.75. The average Bonchev–Trinajstić information content (AvgIpc) is 3.48. The molecular formula is C23H27F2N11O2. The second-order valence-electron chi connectivity index (χ2n) is 9.49. The fraction of sp³-hybridized carbons (Fsp3) is 0.435. The molecule has 0 unspecified atom stereocenters. The third-order valence-corrected chi connectivity index (χ3v) is 7.18. The Balaban J connectivity index is 1.34. The van der Waals surface area contributed by atoms with Crippen molar-refractivity contribution >= 4 is 28.8 Å². The molecule has 2 fully saturated rings. The van der Waals surface area contributed by atoms with Gasteiger partial charge in [0.1, 0.15) is 11.1 Å². The largest absolute Gasteiger partial charge is 0.378 e. The smallest absolute Gasteiger partial charge is 0.295 e. The highest BCUT2D eigenvalue weighted by Gasteiger charge is 2.56. The summed E-state index contributed by atoms with van der Waals surface area (Å²) in [5, 5.41) is 16.9. The molecule has 6 heterocycles. The molecule has 0 radical (unpaired) electrons. The van der Waals surface area contributed by atoms with Crippen molar-refractivity contribution in [3.63, 3.8) is 0 Å². The summed E-state index contributed by atoms with van der Waals surface area (Å²) in [6.45, 7) is 0.847. The fourth-order valence-corrected chi connectivity index (χ4v) is 4.85. The molecule has 0 aromatic carbocycles. The average molecular weight is 528 g/mol. The van der Waals surface area contributed by atoms with E-state index in [0.717, 1.165) is 0 Å². The number of carbonyl (C=O) groups is 1. The fourth-order valence-electron chi connectivity index (χ4n) is 4.85. The molecule has 2 aliphatic heterocycles. The van der Waals surface area contributed by atoms with Crippen LogP contribution in [0, 0.1) is 0 Å². The maximum atomic E-state index is 15.3. The Morgan fingerprint density at radius 3 is 2.66 bits per heavy atom. The first-order chi connectivity index (χ1) is 18.2. The Bertz CT molecular complexity index is 1530. The Labute approximate surface area is 215 Å². The van der Waals surface area contributed by atoms with Crippen LogP contribution < -0.4 is 21.7 Å². The zero-order valence-corrected chi connectivity index (χ0v) is 20.8. The summed E-state index contributed by atoms with van der Waals surface area (Å²) >= 11 is 0. The molecule has 2 aliphatic rings. The molecule has 2 saturated heterocycles. The molecule has 0 aliphatic carbocycles. The summed E-state index contributed by atoms with van der Waals surface area (Å²) in [7, 11) is 3.21. The van der Waals surface area contributed by atoms with Crippen LogP contribution in [0.2, 0.25) is 0 Å². The van der Waals surface area contributed by atoms with E-state index in [2.05, 4.69) is 36.1 Å². The van der Waals surface area contributed by atoms with Crippen molar-refractivity contribution in [3.8, 4) is 11.3 Å². The highest BCUT2D eigenvalue weighted by molar-refractivity contribution is 6.00. The van der Waals surface area contributed by atoms with E-state index in [1.165, 1.54) is 22.3 Å². The maximum absolute atomic E-state index is 15.3. The Morgan fingerprint density at radius 2 is 1.97 bits per heavy atom. The monoisotopic (exact) mass is 527 g/mol. The minimum Gasteiger partial charge on any atom is -0.378 e. The highest BCUT2D eigenvalue weighted by Crippen LogP contribution is 2.37. The summed E-state index contributed by atoms with van der Waals surface area (Å²) in [4.78, 5) is 23.1. The Morgan fingerprint density at radius 1 is 1.18 bits per heavy atom. The topological polar surface area (TPSA) is 152 Å². The van der Waals surface area contributed by atoms with E-state index < -0.39 is 18.1 Å². The van der Waals surface area contributed by atoms with Gasteiger partial charge >= 0.3 is 0 Å². The lowest BCUT2D eigenvalue weighted by Gasteiger charge is -2.49. The number of piperidine rings is 1. The third-order valence-electron chi connectivity index (χ3n) is 7.18. The molecule has 5 N–H and O–H groups in total. The predicted molar refractivity (Wildman–Crippen MR) is 134 cm³/mol. The van der Waals surface area contributed by atoms with Crippen LogP contribution in [0.4, 0.5) is 20.5 Å². The van der Waals surface area contributed by atoms with Crippen LogP contribution in [0.3, 0.4) is 0 Å². The summed E-state index contributed by atoms with van der Waals surface area (Å²) in [6, 6.07) is 3.54. The zero-order chi connectivity index (χ0) is 26.7. The molecule has 13 nitrogen and oxygen atoms in total. The van der Waals surface area contributed by atoms with Crippen molar-refractivity contribution in [2.24, 2.45) is 5.73 Å². The normalized spacial score (nSPS) is 21.9. The van der Waals surface area contributed by atoms with Crippen LogP contribution in [0.1, 0.15) is 16.8 Å². The van der Waals surface area contributed by atoms with E-state index in [4.69, 9.17) is 10.5 Å². The van der Waals surface area contributed by atoms with Crippen molar-refractivity contribution in [1.29, 1.82) is 0 Å². The number of ether oxygens (including phenoxy) is 1. The SMILES string of the molecule is CNC(=O)c1cnn2ccc(-c3ccn4nc(N[C@]5(N)CCN(C6COC6)CC5(F)F)nc(NC)c34)nc12. The van der Waals surface area contributed by atoms with Crippen LogP contribution in [-0.2, 0) is 4.74 Å². The van der Waals surface area contributed by atoms with Crippen molar-refractivity contribution in [3.05, 3.63) is 36.3 Å². The molecule has 1 atom stereocenters. The van der Waals surface area contributed by atoms with Crippen LogP contribution >= 0.6 is 0 Å². The van der Waals surface area contributed by atoms with Crippen molar-refractivity contribution in [2.75, 3.05) is 51.0 Å². The number of fused-ring (bicyclic) bond motifs is 2. The number of alkyl halides is 2. The van der Waals surface area contributed by atoms with Gasteiger partial charge in [-0.3, -0.25) is 9.69 Å². The number of hydrogen-bond acceptors (Lipinski definition) is 10. The second-order valence-corrected chi connectivity index (χ2v) is 9.49. The van der Waals surface area contributed by atoms with Gasteiger partial charge in [0.15, 0.2) is 17.1 Å². The Hall–Kier alpha value is -3.95. The number of carbonyl (C=O) groups excluding carboxylic acids is 1. The van der Waals surface area contributed by atoms with Gasteiger partial charge in [-0.05, 0) is 12.1 Å². The van der Waals surface area contributed by atoms with E-state index in [9.17, 15) is 4.79 Å². The number of halogens is 2. The van der Waals surface area contributed by atoms with E-state index >= 15 is 8.78 Å². The van der Waals surface area contributed by atoms with Gasteiger partial charge in [0.25, 0.3) is 11.8 Å². The van der Waals surface area contributed by atoms with E-state index in [1.807, 2.05) is 0 Å². The first kappa shape index (κ1) is 24.4. The van der Waals surface area contributed by atoms with E-state index in [0.29, 0.717) is 53.6 Å². The molecule has 200 valence electrons. The van der Waals surface area contributed by atoms with Crippen LogP contribution in [0.15, 0.2) is 30.7 Å². The van der Waals surface area contributed by atoms with Crippen LogP contribution in [-0.4, -0.2) is 98.0 Å². The number of nitrogens with zero attached hydrogens (tertiary/aromatic N) is 7. The molecule has 0 bridgehead atoms. The van der Waals surface area contributed by atoms with E-state index in [1.54, 1.807) is 36.5 Å². The van der Waals surface area contributed by atoms with Crippen molar-refractivity contribution < 1.29 is 18.3 Å². The number of likely N-dealkylation sites (tertiary alicyclic amines) is 1. The molecule has 6 rings (SSSR count). The van der Waals surface area contributed by atoms with Gasteiger partial charge in [-0.25, -0.2) is 22.8 Å². The van der Waals surface area contributed by atoms with Gasteiger partial charge < -0.3 is 26.4 Å². The molecule has 0 saturated carbocycles. The lowest BCUT2D eigenvalue weighted by Crippen LogP contribution is -2.71. The van der Waals surface area contributed by atoms with Gasteiger partial charge in [-0.1, -0.05) is 0 Å². The maximum Gasteiger partial charge on any atom is 0.295 e. The quantitative estimate of drug-likeness (QED) is 0.263. The van der Waals surface area contributed by atoms with Crippen LogP contribution in [0.25, 0.3) is 22.4 Å². The lowest BCUT2D eigenvalue weighted by atomic mass is 9.92. The molecule has 38 heavy (non-hydrogen) atoms. The molecular weight excluding hydrogens is 500 g/mol. The van der Waals surface area contributed by atoms with Crippen LogP contribution in [0.5, 0.6) is 0 Å². The number of rotatable bonds is 6. The summed E-state index contributed by atoms with van der Waals surface area (Å²) in [6.07, 6.45) is 4.84. The number of amides is 1. The van der Waals surface area contributed by atoms with E-state index in [-0.39, 0.29) is 24.3 Å². The number of nitrogens with one attached hydrogen (secondary N) is 3. The standard InChI is InChI=1S/C23H27F2N11O2/c1-27-18-17-14(16-4-7-36-19(30-16)15(9-29-36)20(37)28-2)3-6-35(17)33-21(31-18)32-23(26)5-8-34(12-22(23,24)25)13-10-38-11-13/h3-4,6-7,9,13H,5,8,10-12,26H2,1-2H3,(H,28,37)(H2,27,31,32,33)/t23-/m1/s1. The summed E-state index contributed by atoms with van der Waals surface area (Å²) in [5.74, 6) is -3.18. The molecule has 0 spiro atoms. The number of hydrogen-bond donors (Lipinski definition) is 4. The third kappa shape index (κ3) is 3.81.